The Hall–Kier alpha value is -0.830. The molecule has 3 heteroatoms. The van der Waals surface area contributed by atoms with E-state index in [1.165, 1.54) is 16.0 Å². The number of hydrogen-bond acceptors (Lipinski definition) is 2. The maximum atomic E-state index is 6.01. The number of nitrogens with one attached hydrogen (secondary N) is 1. The Morgan fingerprint density at radius 1 is 1.29 bits per heavy atom. The van der Waals surface area contributed by atoms with Crippen molar-refractivity contribution in [1.82, 2.24) is 5.32 Å². The van der Waals surface area contributed by atoms with E-state index >= 15 is 0 Å². The monoisotopic (exact) mass is 265 g/mol. The average Bonchev–Trinajstić information content (AvgIpc) is 2.72. The van der Waals surface area contributed by atoms with Gasteiger partial charge in [0.1, 0.15) is 0 Å². The second-order valence-corrected chi connectivity index (χ2v) is 5.79. The van der Waals surface area contributed by atoms with Crippen molar-refractivity contribution in [2.24, 2.45) is 0 Å². The predicted octanol–water partition coefficient (Wildman–Crippen LogP) is 4.41. The van der Waals surface area contributed by atoms with Crippen LogP contribution in [-0.2, 0) is 0 Å². The summed E-state index contributed by atoms with van der Waals surface area (Å²) in [5, 5.41) is 3.51. The van der Waals surface area contributed by atoms with Crippen LogP contribution in [0.4, 0.5) is 0 Å². The zero-order valence-electron chi connectivity index (χ0n) is 10.0. The van der Waals surface area contributed by atoms with Crippen LogP contribution in [0.1, 0.15) is 29.0 Å². The third-order valence-corrected chi connectivity index (χ3v) is 3.96. The molecule has 0 saturated carbocycles. The molecule has 0 aliphatic carbocycles. The molecule has 1 nitrogen and oxygen atoms in total. The summed E-state index contributed by atoms with van der Waals surface area (Å²) in [5.41, 5.74) is 2.58. The Labute approximate surface area is 111 Å². The van der Waals surface area contributed by atoms with Gasteiger partial charge in [-0.15, -0.1) is 11.3 Å². The molecule has 0 amide bonds. The molecule has 1 heterocycles. The highest BCUT2D eigenvalue weighted by atomic mass is 35.5. The molecule has 0 radical (unpaired) electrons. The van der Waals surface area contributed by atoms with Crippen LogP contribution in [0.3, 0.4) is 0 Å². The van der Waals surface area contributed by atoms with Crippen molar-refractivity contribution in [3.8, 4) is 0 Å². The molecule has 17 heavy (non-hydrogen) atoms. The molecular formula is C14H16ClNS. The molecule has 1 N–H and O–H groups in total. The van der Waals surface area contributed by atoms with Crippen molar-refractivity contribution in [2.75, 3.05) is 6.54 Å². The summed E-state index contributed by atoms with van der Waals surface area (Å²) in [5.74, 6) is 0. The van der Waals surface area contributed by atoms with E-state index in [4.69, 9.17) is 11.6 Å². The highest BCUT2D eigenvalue weighted by molar-refractivity contribution is 7.16. The number of aryl methyl sites for hydroxylation is 1. The minimum absolute atomic E-state index is 0.248. The first-order chi connectivity index (χ1) is 8.20. The van der Waals surface area contributed by atoms with Crippen LogP contribution >= 0.6 is 22.9 Å². The van der Waals surface area contributed by atoms with Gasteiger partial charge in [-0.05, 0) is 31.2 Å². The van der Waals surface area contributed by atoms with Crippen molar-refractivity contribution in [3.63, 3.8) is 0 Å². The average molecular weight is 266 g/mol. The third kappa shape index (κ3) is 3.09. The Bertz CT molecular complexity index is 492. The van der Waals surface area contributed by atoms with Gasteiger partial charge in [0.15, 0.2) is 0 Å². The zero-order valence-corrected chi connectivity index (χ0v) is 11.6. The topological polar surface area (TPSA) is 12.0 Å². The van der Waals surface area contributed by atoms with E-state index in [1.54, 1.807) is 11.3 Å². The van der Waals surface area contributed by atoms with Gasteiger partial charge in [-0.3, -0.25) is 0 Å². The van der Waals surface area contributed by atoms with Gasteiger partial charge in [-0.1, -0.05) is 48.4 Å². The maximum Gasteiger partial charge on any atom is 0.0931 e. The minimum atomic E-state index is 0.248. The van der Waals surface area contributed by atoms with Gasteiger partial charge >= 0.3 is 0 Å². The van der Waals surface area contributed by atoms with Gasteiger partial charge in [-0.2, -0.15) is 0 Å². The molecule has 1 aromatic carbocycles. The van der Waals surface area contributed by atoms with E-state index in [-0.39, 0.29) is 6.04 Å². The van der Waals surface area contributed by atoms with Crippen LogP contribution < -0.4 is 5.32 Å². The first kappa shape index (κ1) is 12.6. The number of benzene rings is 1. The van der Waals surface area contributed by atoms with Gasteiger partial charge in [0.05, 0.1) is 10.4 Å². The summed E-state index contributed by atoms with van der Waals surface area (Å²) in [6.07, 6.45) is 0. The lowest BCUT2D eigenvalue weighted by atomic mass is 10.0. The lowest BCUT2D eigenvalue weighted by Crippen LogP contribution is -2.21. The molecule has 0 saturated heterocycles. The molecule has 1 aromatic heterocycles. The van der Waals surface area contributed by atoms with E-state index in [0.29, 0.717) is 0 Å². The zero-order chi connectivity index (χ0) is 12.3. The summed E-state index contributed by atoms with van der Waals surface area (Å²) in [6, 6.07) is 12.9. The quantitative estimate of drug-likeness (QED) is 0.864. The number of hydrogen-bond donors (Lipinski definition) is 1. The van der Waals surface area contributed by atoms with E-state index in [0.717, 1.165) is 10.9 Å². The van der Waals surface area contributed by atoms with Crippen molar-refractivity contribution < 1.29 is 0 Å². The van der Waals surface area contributed by atoms with Gasteiger partial charge < -0.3 is 5.32 Å². The van der Waals surface area contributed by atoms with E-state index < -0.39 is 0 Å². The number of thiophene rings is 1. The van der Waals surface area contributed by atoms with Crippen molar-refractivity contribution in [3.05, 3.63) is 56.7 Å². The fraction of sp³-hybridized carbons (Fsp3) is 0.286. The Kier molecular flexibility index (Phi) is 4.21. The van der Waals surface area contributed by atoms with Crippen LogP contribution in [0, 0.1) is 6.92 Å². The van der Waals surface area contributed by atoms with Crippen LogP contribution in [0.25, 0.3) is 0 Å². The normalized spacial score (nSPS) is 12.6. The molecule has 2 aromatic rings. The SMILES string of the molecule is CCNC(c1cccc(C)c1)c1ccc(Cl)s1. The molecule has 0 fully saturated rings. The molecule has 1 unspecified atom stereocenters. The summed E-state index contributed by atoms with van der Waals surface area (Å²) >= 11 is 7.65. The maximum absolute atomic E-state index is 6.01. The summed E-state index contributed by atoms with van der Waals surface area (Å²) in [6.45, 7) is 5.18. The van der Waals surface area contributed by atoms with E-state index in [2.05, 4.69) is 49.5 Å². The smallest absolute Gasteiger partial charge is 0.0931 e. The van der Waals surface area contributed by atoms with Crippen molar-refractivity contribution in [1.29, 1.82) is 0 Å². The first-order valence-electron chi connectivity index (χ1n) is 5.76. The van der Waals surface area contributed by atoms with Crippen LogP contribution in [-0.4, -0.2) is 6.54 Å². The van der Waals surface area contributed by atoms with Crippen molar-refractivity contribution >= 4 is 22.9 Å². The van der Waals surface area contributed by atoms with E-state index in [1.807, 2.05) is 6.07 Å². The first-order valence-corrected chi connectivity index (χ1v) is 6.95. The lowest BCUT2D eigenvalue weighted by Gasteiger charge is -2.17. The standard InChI is InChI=1S/C14H16ClNS/c1-3-16-14(12-7-8-13(15)17-12)11-6-4-5-10(2)9-11/h4-9,14,16H,3H2,1-2H3. The fourth-order valence-corrected chi connectivity index (χ4v) is 3.08. The van der Waals surface area contributed by atoms with Crippen LogP contribution in [0.15, 0.2) is 36.4 Å². The van der Waals surface area contributed by atoms with Gasteiger partial charge in [0.25, 0.3) is 0 Å². The van der Waals surface area contributed by atoms with Gasteiger partial charge in [0, 0.05) is 4.88 Å². The second kappa shape index (κ2) is 5.67. The molecule has 1 atom stereocenters. The largest absolute Gasteiger partial charge is 0.306 e. The fourth-order valence-electron chi connectivity index (χ4n) is 1.92. The minimum Gasteiger partial charge on any atom is -0.306 e. The Morgan fingerprint density at radius 3 is 2.71 bits per heavy atom. The Morgan fingerprint density at radius 2 is 2.12 bits per heavy atom. The highest BCUT2D eigenvalue weighted by Gasteiger charge is 2.14. The molecule has 90 valence electrons. The van der Waals surface area contributed by atoms with Crippen molar-refractivity contribution in [2.45, 2.75) is 19.9 Å². The molecule has 0 bridgehead atoms. The Balaban J connectivity index is 2.35. The predicted molar refractivity (Wildman–Crippen MR) is 76.0 cm³/mol. The third-order valence-electron chi connectivity index (χ3n) is 2.66. The molecule has 0 aliphatic rings. The summed E-state index contributed by atoms with van der Waals surface area (Å²) < 4.78 is 0.843. The van der Waals surface area contributed by atoms with Crippen LogP contribution in [0.2, 0.25) is 4.34 Å². The lowest BCUT2D eigenvalue weighted by molar-refractivity contribution is 0.639. The summed E-state index contributed by atoms with van der Waals surface area (Å²) in [4.78, 5) is 1.27. The number of rotatable bonds is 4. The number of halogens is 1. The van der Waals surface area contributed by atoms with Gasteiger partial charge in [-0.25, -0.2) is 0 Å². The molecule has 0 spiro atoms. The van der Waals surface area contributed by atoms with Gasteiger partial charge in [0.2, 0.25) is 0 Å². The van der Waals surface area contributed by atoms with Crippen LogP contribution in [0.5, 0.6) is 0 Å². The van der Waals surface area contributed by atoms with E-state index in [9.17, 15) is 0 Å². The molecular weight excluding hydrogens is 250 g/mol. The second-order valence-electron chi connectivity index (χ2n) is 4.05. The molecule has 0 aliphatic heterocycles. The highest BCUT2D eigenvalue weighted by Crippen LogP contribution is 2.31. The summed E-state index contributed by atoms with van der Waals surface area (Å²) in [7, 11) is 0. The molecule has 2 rings (SSSR count).